The van der Waals surface area contributed by atoms with Gasteiger partial charge in [0.1, 0.15) is 17.6 Å². The van der Waals surface area contributed by atoms with Crippen LogP contribution in [-0.2, 0) is 11.2 Å². The van der Waals surface area contributed by atoms with E-state index in [1.165, 1.54) is 0 Å². The molecule has 0 N–H and O–H groups in total. The number of hydrogen-bond donors (Lipinski definition) is 0. The van der Waals surface area contributed by atoms with Crippen molar-refractivity contribution in [2.75, 3.05) is 13.1 Å². The molecule has 1 aliphatic heterocycles. The number of piperidine rings is 1. The van der Waals surface area contributed by atoms with Crippen molar-refractivity contribution in [3.05, 3.63) is 23.1 Å². The largest absolute Gasteiger partial charge is 0.342 e. The molecular weight excluding hydrogens is 341 g/mol. The monoisotopic (exact) mass is 363 g/mol. The maximum absolute atomic E-state index is 13.4. The number of likely N-dealkylation sites (tertiary alicyclic amines) is 1. The number of amides is 1. The first-order valence-electron chi connectivity index (χ1n) is 9.13. The van der Waals surface area contributed by atoms with E-state index in [4.69, 9.17) is 4.52 Å². The van der Waals surface area contributed by atoms with Gasteiger partial charge in [0.2, 0.25) is 11.8 Å². The van der Waals surface area contributed by atoms with Gasteiger partial charge in [-0.2, -0.15) is 4.98 Å². The van der Waals surface area contributed by atoms with E-state index in [0.29, 0.717) is 49.0 Å². The summed E-state index contributed by atoms with van der Waals surface area (Å²) in [7, 11) is 0. The highest BCUT2D eigenvalue weighted by molar-refractivity contribution is 5.78. The highest BCUT2D eigenvalue weighted by Crippen LogP contribution is 2.36. The van der Waals surface area contributed by atoms with Crippen molar-refractivity contribution in [1.82, 2.24) is 25.4 Å². The number of nitrogens with zero attached hydrogens (tertiary/aromatic N) is 5. The molecule has 140 valence electrons. The van der Waals surface area contributed by atoms with Crippen molar-refractivity contribution in [3.63, 3.8) is 0 Å². The Bertz CT molecular complexity index is 768. The number of rotatable bonds is 4. The van der Waals surface area contributed by atoms with Gasteiger partial charge in [0.05, 0.1) is 6.42 Å². The van der Waals surface area contributed by atoms with Crippen LogP contribution in [0, 0.1) is 6.92 Å². The summed E-state index contributed by atoms with van der Waals surface area (Å²) in [6, 6.07) is 0. The molecule has 0 radical (unpaired) electrons. The zero-order chi connectivity index (χ0) is 18.1. The van der Waals surface area contributed by atoms with Crippen LogP contribution in [0.3, 0.4) is 0 Å². The number of carbonyl (C=O) groups excluding carboxylic acids is 1. The molecular formula is C17H22FN5O3. The molecule has 1 amide bonds. The van der Waals surface area contributed by atoms with Crippen LogP contribution < -0.4 is 0 Å². The van der Waals surface area contributed by atoms with Crippen molar-refractivity contribution in [2.45, 2.75) is 63.5 Å². The number of hydrogen-bond acceptors (Lipinski definition) is 7. The van der Waals surface area contributed by atoms with E-state index in [2.05, 4.69) is 25.1 Å². The predicted octanol–water partition coefficient (Wildman–Crippen LogP) is 2.32. The zero-order valence-corrected chi connectivity index (χ0v) is 14.7. The minimum absolute atomic E-state index is 0.0217. The van der Waals surface area contributed by atoms with Gasteiger partial charge in [-0.05, 0) is 39.0 Å². The highest BCUT2D eigenvalue weighted by atomic mass is 19.1. The van der Waals surface area contributed by atoms with E-state index in [0.717, 1.165) is 19.3 Å². The average molecular weight is 363 g/mol. The topological polar surface area (TPSA) is 98.2 Å². The van der Waals surface area contributed by atoms with E-state index in [1.807, 2.05) is 4.90 Å². The summed E-state index contributed by atoms with van der Waals surface area (Å²) in [6.45, 7) is 3.05. The smallest absolute Gasteiger partial charge is 0.229 e. The third kappa shape index (κ3) is 3.47. The Kier molecular flexibility index (Phi) is 4.69. The SMILES string of the molecule is Cc1nonc1CC(=O)N1CCC(c2nc([C@@H]3CC[C@H](F)C3)no2)CC1. The van der Waals surface area contributed by atoms with Gasteiger partial charge in [-0.25, -0.2) is 9.02 Å². The van der Waals surface area contributed by atoms with E-state index >= 15 is 0 Å². The van der Waals surface area contributed by atoms with Crippen LogP contribution in [0.2, 0.25) is 0 Å². The van der Waals surface area contributed by atoms with Gasteiger partial charge in [-0.1, -0.05) is 15.5 Å². The number of aryl methyl sites for hydroxylation is 1. The molecule has 9 heteroatoms. The summed E-state index contributed by atoms with van der Waals surface area (Å²) in [5, 5.41) is 11.5. The predicted molar refractivity (Wildman–Crippen MR) is 87.1 cm³/mol. The Morgan fingerprint density at radius 3 is 2.62 bits per heavy atom. The molecule has 1 aliphatic carbocycles. The second-order valence-corrected chi connectivity index (χ2v) is 7.23. The van der Waals surface area contributed by atoms with Crippen molar-refractivity contribution in [1.29, 1.82) is 0 Å². The van der Waals surface area contributed by atoms with Crippen molar-refractivity contribution < 1.29 is 18.3 Å². The lowest BCUT2D eigenvalue weighted by molar-refractivity contribution is -0.131. The number of aromatic nitrogens is 4. The number of carbonyl (C=O) groups is 1. The summed E-state index contributed by atoms with van der Waals surface area (Å²) in [6.07, 6.45) is 2.86. The van der Waals surface area contributed by atoms with E-state index < -0.39 is 6.17 Å². The summed E-state index contributed by atoms with van der Waals surface area (Å²) in [5.41, 5.74) is 1.23. The lowest BCUT2D eigenvalue weighted by Gasteiger charge is -2.30. The van der Waals surface area contributed by atoms with Crippen molar-refractivity contribution in [3.8, 4) is 0 Å². The molecule has 2 atom stereocenters. The fraction of sp³-hybridized carbons (Fsp3) is 0.706. The third-order valence-corrected chi connectivity index (χ3v) is 5.45. The third-order valence-electron chi connectivity index (χ3n) is 5.45. The van der Waals surface area contributed by atoms with Crippen LogP contribution in [0.5, 0.6) is 0 Å². The first-order chi connectivity index (χ1) is 12.6. The highest BCUT2D eigenvalue weighted by Gasteiger charge is 2.32. The first-order valence-corrected chi connectivity index (χ1v) is 9.13. The maximum Gasteiger partial charge on any atom is 0.229 e. The summed E-state index contributed by atoms with van der Waals surface area (Å²) in [4.78, 5) is 18.7. The molecule has 26 heavy (non-hydrogen) atoms. The standard InChI is InChI=1S/C17H22FN5O3/c1-10-14(21-26-20-10)9-15(24)23-6-4-11(5-7-23)17-19-16(22-25-17)12-2-3-13(18)8-12/h11-13H,2-9H2,1H3/t12-,13+/m1/s1. The summed E-state index contributed by atoms with van der Waals surface area (Å²) in [5.74, 6) is 1.49. The van der Waals surface area contributed by atoms with Crippen LogP contribution in [0.1, 0.15) is 67.0 Å². The molecule has 2 aliphatic rings. The van der Waals surface area contributed by atoms with E-state index in [9.17, 15) is 9.18 Å². The lowest BCUT2D eigenvalue weighted by atomic mass is 9.96. The normalized spacial score (nSPS) is 24.3. The van der Waals surface area contributed by atoms with Gasteiger partial charge in [-0.3, -0.25) is 4.79 Å². The Balaban J connectivity index is 1.31. The first kappa shape index (κ1) is 17.1. The van der Waals surface area contributed by atoms with Gasteiger partial charge in [0.25, 0.3) is 0 Å². The molecule has 2 fully saturated rings. The average Bonchev–Trinajstić information content (AvgIpc) is 3.37. The molecule has 1 saturated heterocycles. The fourth-order valence-corrected chi connectivity index (χ4v) is 3.78. The second kappa shape index (κ2) is 7.13. The lowest BCUT2D eigenvalue weighted by Crippen LogP contribution is -2.39. The summed E-state index contributed by atoms with van der Waals surface area (Å²) >= 11 is 0. The van der Waals surface area contributed by atoms with E-state index in [-0.39, 0.29) is 24.2 Å². The molecule has 2 aromatic rings. The molecule has 0 spiro atoms. The molecule has 0 unspecified atom stereocenters. The van der Waals surface area contributed by atoms with Crippen LogP contribution in [0.25, 0.3) is 0 Å². The molecule has 3 heterocycles. The van der Waals surface area contributed by atoms with Crippen molar-refractivity contribution >= 4 is 5.91 Å². The van der Waals surface area contributed by atoms with Gasteiger partial charge >= 0.3 is 0 Å². The van der Waals surface area contributed by atoms with E-state index in [1.54, 1.807) is 6.92 Å². The van der Waals surface area contributed by atoms with Crippen LogP contribution in [-0.4, -0.2) is 50.5 Å². The Hall–Kier alpha value is -2.32. The molecule has 2 aromatic heterocycles. The van der Waals surface area contributed by atoms with Gasteiger partial charge in [-0.15, -0.1) is 0 Å². The maximum atomic E-state index is 13.4. The van der Waals surface area contributed by atoms with Gasteiger partial charge in [0, 0.05) is 24.9 Å². The molecule has 4 rings (SSSR count). The molecule has 1 saturated carbocycles. The summed E-state index contributed by atoms with van der Waals surface area (Å²) < 4.78 is 23.4. The second-order valence-electron chi connectivity index (χ2n) is 7.23. The van der Waals surface area contributed by atoms with Crippen LogP contribution >= 0.6 is 0 Å². The zero-order valence-electron chi connectivity index (χ0n) is 14.7. The quantitative estimate of drug-likeness (QED) is 0.822. The Morgan fingerprint density at radius 1 is 1.15 bits per heavy atom. The molecule has 0 bridgehead atoms. The van der Waals surface area contributed by atoms with Gasteiger partial charge < -0.3 is 9.42 Å². The minimum atomic E-state index is -0.750. The Labute approximate surface area is 150 Å². The number of halogens is 1. The molecule has 8 nitrogen and oxygen atoms in total. The van der Waals surface area contributed by atoms with Gasteiger partial charge in [0.15, 0.2) is 5.82 Å². The van der Waals surface area contributed by atoms with Crippen LogP contribution in [0.4, 0.5) is 4.39 Å². The van der Waals surface area contributed by atoms with Crippen LogP contribution in [0.15, 0.2) is 9.15 Å². The van der Waals surface area contributed by atoms with Crippen molar-refractivity contribution in [2.24, 2.45) is 0 Å². The number of alkyl halides is 1. The Morgan fingerprint density at radius 2 is 1.96 bits per heavy atom. The fourth-order valence-electron chi connectivity index (χ4n) is 3.78. The minimum Gasteiger partial charge on any atom is -0.342 e. The molecule has 0 aromatic carbocycles.